The molecule has 0 radical (unpaired) electrons. The summed E-state index contributed by atoms with van der Waals surface area (Å²) < 4.78 is 0. The molecule has 2 aromatic rings. The molecule has 0 aliphatic carbocycles. The van der Waals surface area contributed by atoms with Crippen molar-refractivity contribution in [1.29, 1.82) is 0 Å². The molecule has 154 valence electrons. The maximum absolute atomic E-state index is 11.9. The van der Waals surface area contributed by atoms with Crippen molar-refractivity contribution < 1.29 is 14.7 Å². The minimum Gasteiger partial charge on any atom is -0.481 e. The lowest BCUT2D eigenvalue weighted by atomic mass is 10.0. The first kappa shape index (κ1) is 20.9. The number of carbonyl (C=O) groups excluding carboxylic acids is 1. The quantitative estimate of drug-likeness (QED) is 0.488. The molecule has 3 rings (SSSR count). The van der Waals surface area contributed by atoms with Gasteiger partial charge in [-0.2, -0.15) is 0 Å². The van der Waals surface area contributed by atoms with Gasteiger partial charge >= 0.3 is 5.97 Å². The number of benzene rings is 1. The second-order valence-corrected chi connectivity index (χ2v) is 7.35. The molecule has 0 spiro atoms. The normalized spacial score (nSPS) is 14.7. The maximum atomic E-state index is 11.9. The van der Waals surface area contributed by atoms with Crippen molar-refractivity contribution in [2.75, 3.05) is 37.6 Å². The molecule has 1 aliphatic rings. The van der Waals surface area contributed by atoms with Crippen molar-refractivity contribution >= 4 is 17.7 Å². The number of carbonyl (C=O) groups is 2. The number of Topliss-reactive ketones (excluding diaryl/α,β-unsaturated/α-hetero) is 1. The number of anilines is 1. The van der Waals surface area contributed by atoms with Crippen molar-refractivity contribution in [3.05, 3.63) is 53.9 Å². The third-order valence-electron chi connectivity index (χ3n) is 5.24. The number of aromatic nitrogens is 2. The fraction of sp³-hybridized carbons (Fsp3) is 0.455. The zero-order chi connectivity index (χ0) is 20.5. The largest absolute Gasteiger partial charge is 0.481 e. The van der Waals surface area contributed by atoms with Crippen LogP contribution in [0.3, 0.4) is 0 Å². The van der Waals surface area contributed by atoms with E-state index in [0.29, 0.717) is 5.56 Å². The van der Waals surface area contributed by atoms with Crippen molar-refractivity contribution in [1.82, 2.24) is 14.9 Å². The first-order valence-corrected chi connectivity index (χ1v) is 10.2. The van der Waals surface area contributed by atoms with Gasteiger partial charge in [0.2, 0.25) is 5.95 Å². The van der Waals surface area contributed by atoms with Gasteiger partial charge in [0, 0.05) is 50.6 Å². The SMILES string of the molecule is O=C(O)CCC(=O)c1ccc(CCCCN2CCN(c3ncccn3)CC2)cc1. The number of ketones is 1. The highest BCUT2D eigenvalue weighted by Crippen LogP contribution is 2.13. The van der Waals surface area contributed by atoms with Gasteiger partial charge in [0.05, 0.1) is 6.42 Å². The van der Waals surface area contributed by atoms with Crippen LogP contribution in [-0.2, 0) is 11.2 Å². The average Bonchev–Trinajstić information content (AvgIpc) is 2.76. The molecular formula is C22H28N4O3. The third-order valence-corrected chi connectivity index (χ3v) is 5.24. The van der Waals surface area contributed by atoms with Crippen LogP contribution in [0.5, 0.6) is 0 Å². The van der Waals surface area contributed by atoms with Gasteiger partial charge in [-0.15, -0.1) is 0 Å². The van der Waals surface area contributed by atoms with Gasteiger partial charge < -0.3 is 10.0 Å². The zero-order valence-corrected chi connectivity index (χ0v) is 16.7. The van der Waals surface area contributed by atoms with E-state index in [0.717, 1.165) is 57.9 Å². The van der Waals surface area contributed by atoms with E-state index in [1.165, 1.54) is 5.56 Å². The molecule has 7 nitrogen and oxygen atoms in total. The summed E-state index contributed by atoms with van der Waals surface area (Å²) in [7, 11) is 0. The van der Waals surface area contributed by atoms with E-state index >= 15 is 0 Å². The number of unbranched alkanes of at least 4 members (excludes halogenated alkanes) is 1. The Labute approximate surface area is 171 Å². The summed E-state index contributed by atoms with van der Waals surface area (Å²) in [5.74, 6) is -0.235. The number of carboxylic acid groups (broad SMARTS) is 1. The number of hydrogen-bond donors (Lipinski definition) is 1. The van der Waals surface area contributed by atoms with Crippen molar-refractivity contribution in [3.63, 3.8) is 0 Å². The second-order valence-electron chi connectivity index (χ2n) is 7.35. The molecule has 0 bridgehead atoms. The molecule has 7 heteroatoms. The van der Waals surface area contributed by atoms with E-state index in [1.807, 2.05) is 30.3 Å². The minimum atomic E-state index is -0.940. The van der Waals surface area contributed by atoms with E-state index in [-0.39, 0.29) is 18.6 Å². The highest BCUT2D eigenvalue weighted by atomic mass is 16.4. The number of rotatable bonds is 10. The van der Waals surface area contributed by atoms with Crippen LogP contribution in [0, 0.1) is 0 Å². The van der Waals surface area contributed by atoms with Crippen LogP contribution in [0.4, 0.5) is 5.95 Å². The van der Waals surface area contributed by atoms with Crippen LogP contribution in [0.25, 0.3) is 0 Å². The molecule has 0 amide bonds. The smallest absolute Gasteiger partial charge is 0.303 e. The Kier molecular flexibility index (Phi) is 7.69. The molecular weight excluding hydrogens is 368 g/mol. The molecule has 2 heterocycles. The third kappa shape index (κ3) is 6.64. The molecule has 1 N–H and O–H groups in total. The predicted molar refractivity (Wildman–Crippen MR) is 111 cm³/mol. The Hall–Kier alpha value is -2.80. The lowest BCUT2D eigenvalue weighted by Gasteiger charge is -2.34. The highest BCUT2D eigenvalue weighted by Gasteiger charge is 2.18. The van der Waals surface area contributed by atoms with E-state index in [9.17, 15) is 9.59 Å². The maximum Gasteiger partial charge on any atom is 0.303 e. The van der Waals surface area contributed by atoms with Crippen LogP contribution in [0.15, 0.2) is 42.7 Å². The van der Waals surface area contributed by atoms with Gasteiger partial charge in [0.1, 0.15) is 0 Å². The average molecular weight is 396 g/mol. The van der Waals surface area contributed by atoms with Gasteiger partial charge in [-0.3, -0.25) is 14.5 Å². The summed E-state index contributed by atoms with van der Waals surface area (Å²) in [6.45, 7) is 5.08. The Morgan fingerprint density at radius 2 is 1.62 bits per heavy atom. The van der Waals surface area contributed by atoms with E-state index in [4.69, 9.17) is 5.11 Å². The van der Waals surface area contributed by atoms with Gasteiger partial charge in [-0.1, -0.05) is 24.3 Å². The first-order valence-electron chi connectivity index (χ1n) is 10.2. The molecule has 0 atom stereocenters. The van der Waals surface area contributed by atoms with Gasteiger partial charge in [0.15, 0.2) is 5.78 Å². The lowest BCUT2D eigenvalue weighted by Crippen LogP contribution is -2.47. The summed E-state index contributed by atoms with van der Waals surface area (Å²) in [6.07, 6.45) is 6.74. The Bertz CT molecular complexity index is 787. The van der Waals surface area contributed by atoms with Crippen LogP contribution in [0.1, 0.15) is 41.6 Å². The minimum absolute atomic E-state index is 0.0539. The van der Waals surface area contributed by atoms with Crippen molar-refractivity contribution in [2.24, 2.45) is 0 Å². The molecule has 1 aromatic heterocycles. The van der Waals surface area contributed by atoms with Gasteiger partial charge in [0.25, 0.3) is 0 Å². The van der Waals surface area contributed by atoms with Crippen molar-refractivity contribution in [2.45, 2.75) is 32.1 Å². The first-order chi connectivity index (χ1) is 14.1. The highest BCUT2D eigenvalue weighted by molar-refractivity contribution is 5.97. The Balaban J connectivity index is 1.33. The second kappa shape index (κ2) is 10.7. The van der Waals surface area contributed by atoms with Gasteiger partial charge in [-0.05, 0) is 37.4 Å². The fourth-order valence-electron chi connectivity index (χ4n) is 3.51. The molecule has 1 saturated heterocycles. The van der Waals surface area contributed by atoms with E-state index in [1.54, 1.807) is 12.4 Å². The monoisotopic (exact) mass is 396 g/mol. The molecule has 0 unspecified atom stereocenters. The van der Waals surface area contributed by atoms with Crippen LogP contribution in [0.2, 0.25) is 0 Å². The van der Waals surface area contributed by atoms with Crippen molar-refractivity contribution in [3.8, 4) is 0 Å². The molecule has 1 fully saturated rings. The molecule has 1 aliphatic heterocycles. The number of aliphatic carboxylic acids is 1. The zero-order valence-electron chi connectivity index (χ0n) is 16.7. The topological polar surface area (TPSA) is 86.6 Å². The number of piperazine rings is 1. The lowest BCUT2D eigenvalue weighted by molar-refractivity contribution is -0.136. The number of nitrogens with zero attached hydrogens (tertiary/aromatic N) is 4. The molecule has 0 saturated carbocycles. The number of aryl methyl sites for hydroxylation is 1. The fourth-order valence-corrected chi connectivity index (χ4v) is 3.51. The summed E-state index contributed by atoms with van der Waals surface area (Å²) in [5.41, 5.74) is 1.81. The summed E-state index contributed by atoms with van der Waals surface area (Å²) in [5, 5.41) is 8.67. The Morgan fingerprint density at radius 1 is 0.931 bits per heavy atom. The van der Waals surface area contributed by atoms with Crippen LogP contribution in [-0.4, -0.2) is 64.5 Å². The van der Waals surface area contributed by atoms with E-state index in [2.05, 4.69) is 19.8 Å². The standard InChI is InChI=1S/C22H28N4O3/c27-20(9-10-21(28)29)19-7-5-18(6-8-19)4-1-2-13-25-14-16-26(17-15-25)22-23-11-3-12-24-22/h3,5-8,11-12H,1-2,4,9-10,13-17H2,(H,28,29). The van der Waals surface area contributed by atoms with E-state index < -0.39 is 5.97 Å². The summed E-state index contributed by atoms with van der Waals surface area (Å²) in [6, 6.07) is 9.42. The number of carboxylic acids is 1. The van der Waals surface area contributed by atoms with Crippen LogP contribution < -0.4 is 4.90 Å². The number of hydrogen-bond acceptors (Lipinski definition) is 6. The molecule has 1 aromatic carbocycles. The predicted octanol–water partition coefficient (Wildman–Crippen LogP) is 2.67. The van der Waals surface area contributed by atoms with Gasteiger partial charge in [-0.25, -0.2) is 9.97 Å². The Morgan fingerprint density at radius 3 is 2.28 bits per heavy atom. The summed E-state index contributed by atoms with van der Waals surface area (Å²) >= 11 is 0. The molecule has 29 heavy (non-hydrogen) atoms. The van der Waals surface area contributed by atoms with Crippen LogP contribution >= 0.6 is 0 Å². The summed E-state index contributed by atoms with van der Waals surface area (Å²) in [4.78, 5) is 35.9.